The van der Waals surface area contributed by atoms with Crippen LogP contribution in [0.1, 0.15) is 16.6 Å². The number of thiazole rings is 1. The van der Waals surface area contributed by atoms with Gasteiger partial charge in [-0.25, -0.2) is 9.78 Å². The normalized spacial score (nSPS) is 9.83. The van der Waals surface area contributed by atoms with Gasteiger partial charge in [-0.3, -0.25) is 0 Å². The van der Waals surface area contributed by atoms with Gasteiger partial charge in [0.05, 0.1) is 6.61 Å². The Kier molecular flexibility index (Phi) is 3.05. The molecule has 0 aliphatic heterocycles. The Morgan fingerprint density at radius 3 is 2.92 bits per heavy atom. The lowest BCUT2D eigenvalue weighted by atomic mass is 10.6. The first-order valence-corrected chi connectivity index (χ1v) is 4.85. The summed E-state index contributed by atoms with van der Waals surface area (Å²) in [6, 6.07) is 0. The van der Waals surface area contributed by atoms with E-state index in [0.717, 1.165) is 11.3 Å². The molecule has 0 aliphatic rings. The first-order valence-electron chi connectivity index (χ1n) is 3.24. The van der Waals surface area contributed by atoms with Crippen molar-refractivity contribution in [3.8, 4) is 0 Å². The molecule has 0 radical (unpaired) electrons. The van der Waals surface area contributed by atoms with Gasteiger partial charge < -0.3 is 10.5 Å². The monoisotopic (exact) mass is 250 g/mol. The van der Waals surface area contributed by atoms with Gasteiger partial charge in [0, 0.05) is 0 Å². The number of ether oxygens (including phenoxy) is 1. The summed E-state index contributed by atoms with van der Waals surface area (Å²) in [6.45, 7) is 2.10. The second-order valence-electron chi connectivity index (χ2n) is 1.89. The maximum absolute atomic E-state index is 11.1. The van der Waals surface area contributed by atoms with E-state index in [4.69, 9.17) is 10.5 Å². The zero-order valence-corrected chi connectivity index (χ0v) is 8.74. The van der Waals surface area contributed by atoms with Crippen molar-refractivity contribution >= 4 is 38.4 Å². The second kappa shape index (κ2) is 3.86. The van der Waals surface area contributed by atoms with E-state index in [1.807, 2.05) is 0 Å². The lowest BCUT2D eigenvalue weighted by Gasteiger charge is -1.96. The predicted octanol–water partition coefficient (Wildman–Crippen LogP) is 1.66. The molecule has 0 amide bonds. The third kappa shape index (κ3) is 1.95. The summed E-state index contributed by atoms with van der Waals surface area (Å²) < 4.78 is 5.22. The third-order valence-corrected chi connectivity index (χ3v) is 2.76. The van der Waals surface area contributed by atoms with Crippen LogP contribution >= 0.6 is 27.3 Å². The van der Waals surface area contributed by atoms with Crippen LogP contribution in [-0.4, -0.2) is 17.6 Å². The molecule has 2 N–H and O–H groups in total. The summed E-state index contributed by atoms with van der Waals surface area (Å²) in [5.74, 6) is -0.390. The topological polar surface area (TPSA) is 65.2 Å². The van der Waals surface area contributed by atoms with E-state index in [9.17, 15) is 4.79 Å². The molecule has 0 fully saturated rings. The van der Waals surface area contributed by atoms with E-state index in [1.165, 1.54) is 0 Å². The molecule has 1 aromatic heterocycles. The minimum absolute atomic E-state index is 0.350. The highest BCUT2D eigenvalue weighted by molar-refractivity contribution is 9.10. The van der Waals surface area contributed by atoms with Crippen LogP contribution in [0.2, 0.25) is 0 Å². The first kappa shape index (κ1) is 9.47. The Morgan fingerprint density at radius 1 is 1.83 bits per heavy atom. The molecule has 0 saturated heterocycles. The van der Waals surface area contributed by atoms with Crippen LogP contribution in [0.15, 0.2) is 4.60 Å². The standard InChI is InChI=1S/C6H7BrN2O2S/c1-2-11-5(10)3-4(7)9-6(8)12-3/h2H2,1H3,(H2,8,9). The van der Waals surface area contributed by atoms with Gasteiger partial charge in [-0.05, 0) is 22.9 Å². The molecule has 6 heteroatoms. The number of halogens is 1. The molecule has 0 aliphatic carbocycles. The number of anilines is 1. The highest BCUT2D eigenvalue weighted by Crippen LogP contribution is 2.25. The molecule has 66 valence electrons. The maximum Gasteiger partial charge on any atom is 0.351 e. The van der Waals surface area contributed by atoms with Crippen molar-refractivity contribution in [3.63, 3.8) is 0 Å². The number of hydrogen-bond acceptors (Lipinski definition) is 5. The number of nitrogens with zero attached hydrogens (tertiary/aromatic N) is 1. The highest BCUT2D eigenvalue weighted by atomic mass is 79.9. The van der Waals surface area contributed by atoms with Crippen molar-refractivity contribution in [1.82, 2.24) is 4.98 Å². The van der Waals surface area contributed by atoms with Gasteiger partial charge in [0.15, 0.2) is 5.13 Å². The van der Waals surface area contributed by atoms with Gasteiger partial charge in [0.1, 0.15) is 9.48 Å². The van der Waals surface area contributed by atoms with Crippen molar-refractivity contribution in [3.05, 3.63) is 9.48 Å². The molecule has 1 heterocycles. The first-order chi connectivity index (χ1) is 5.65. The molecule has 0 aromatic carbocycles. The summed E-state index contributed by atoms with van der Waals surface area (Å²) in [4.78, 5) is 15.4. The quantitative estimate of drug-likeness (QED) is 0.812. The summed E-state index contributed by atoms with van der Waals surface area (Å²) in [5, 5.41) is 0.352. The van der Waals surface area contributed by atoms with Crippen LogP contribution in [0.4, 0.5) is 5.13 Å². The van der Waals surface area contributed by atoms with Crippen molar-refractivity contribution < 1.29 is 9.53 Å². The van der Waals surface area contributed by atoms with Gasteiger partial charge in [-0.2, -0.15) is 0 Å². The SMILES string of the molecule is CCOC(=O)c1sc(N)nc1Br. The van der Waals surface area contributed by atoms with Crippen LogP contribution in [0.3, 0.4) is 0 Å². The minimum atomic E-state index is -0.390. The Hall–Kier alpha value is -0.620. The van der Waals surface area contributed by atoms with Crippen LogP contribution in [-0.2, 0) is 4.74 Å². The van der Waals surface area contributed by atoms with Crippen LogP contribution in [0, 0.1) is 0 Å². The predicted molar refractivity (Wildman–Crippen MR) is 50.2 cm³/mol. The molecule has 1 aromatic rings. The lowest BCUT2D eigenvalue weighted by molar-refractivity contribution is 0.0531. The Bertz CT molecular complexity index is 300. The molecule has 1 rings (SSSR count). The molecular formula is C6H7BrN2O2S. The van der Waals surface area contributed by atoms with Gasteiger partial charge in [-0.15, -0.1) is 0 Å². The summed E-state index contributed by atoms with van der Waals surface area (Å²) in [7, 11) is 0. The van der Waals surface area contributed by atoms with E-state index >= 15 is 0 Å². The number of rotatable bonds is 2. The number of esters is 1. The smallest absolute Gasteiger partial charge is 0.351 e. The number of nitrogen functional groups attached to an aromatic ring is 1. The fourth-order valence-corrected chi connectivity index (χ4v) is 1.97. The van der Waals surface area contributed by atoms with Gasteiger partial charge >= 0.3 is 5.97 Å². The van der Waals surface area contributed by atoms with Crippen LogP contribution in [0.25, 0.3) is 0 Å². The minimum Gasteiger partial charge on any atom is -0.462 e. The van der Waals surface area contributed by atoms with E-state index in [2.05, 4.69) is 20.9 Å². The zero-order valence-electron chi connectivity index (χ0n) is 6.33. The summed E-state index contributed by atoms with van der Waals surface area (Å²) in [6.07, 6.45) is 0. The lowest BCUT2D eigenvalue weighted by Crippen LogP contribution is -2.02. The number of hydrogen-bond donors (Lipinski definition) is 1. The van der Waals surface area contributed by atoms with E-state index in [-0.39, 0.29) is 0 Å². The molecular weight excluding hydrogens is 244 g/mol. The van der Waals surface area contributed by atoms with Gasteiger partial charge in [-0.1, -0.05) is 11.3 Å². The average molecular weight is 251 g/mol. The van der Waals surface area contributed by atoms with E-state index in [0.29, 0.717) is 21.2 Å². The highest BCUT2D eigenvalue weighted by Gasteiger charge is 2.15. The number of carbonyl (C=O) groups excluding carboxylic acids is 1. The largest absolute Gasteiger partial charge is 0.462 e. The Labute approximate surface area is 81.9 Å². The van der Waals surface area contributed by atoms with Crippen LogP contribution < -0.4 is 5.73 Å². The number of carbonyl (C=O) groups is 1. The third-order valence-electron chi connectivity index (χ3n) is 1.06. The van der Waals surface area contributed by atoms with Crippen molar-refractivity contribution in [2.24, 2.45) is 0 Å². The zero-order chi connectivity index (χ0) is 9.14. The van der Waals surface area contributed by atoms with Gasteiger partial charge in [0.2, 0.25) is 0 Å². The Morgan fingerprint density at radius 2 is 2.50 bits per heavy atom. The molecule has 0 atom stereocenters. The fraction of sp³-hybridized carbons (Fsp3) is 0.333. The van der Waals surface area contributed by atoms with E-state index < -0.39 is 5.97 Å². The van der Waals surface area contributed by atoms with Crippen LogP contribution in [0.5, 0.6) is 0 Å². The number of aromatic nitrogens is 1. The Balaban J connectivity index is 2.87. The summed E-state index contributed by atoms with van der Waals surface area (Å²) >= 11 is 4.21. The molecule has 0 saturated carbocycles. The summed E-state index contributed by atoms with van der Waals surface area (Å²) in [5.41, 5.74) is 5.38. The molecule has 0 unspecified atom stereocenters. The van der Waals surface area contributed by atoms with Crippen molar-refractivity contribution in [1.29, 1.82) is 0 Å². The van der Waals surface area contributed by atoms with Crippen molar-refractivity contribution in [2.45, 2.75) is 6.92 Å². The fourth-order valence-electron chi connectivity index (χ4n) is 0.640. The molecule has 0 spiro atoms. The molecule has 4 nitrogen and oxygen atoms in total. The van der Waals surface area contributed by atoms with E-state index in [1.54, 1.807) is 6.92 Å². The van der Waals surface area contributed by atoms with Gasteiger partial charge in [0.25, 0.3) is 0 Å². The molecule has 12 heavy (non-hydrogen) atoms. The average Bonchev–Trinajstić information content (AvgIpc) is 2.30. The second-order valence-corrected chi connectivity index (χ2v) is 3.67. The number of nitrogens with two attached hydrogens (primary N) is 1. The maximum atomic E-state index is 11.1. The molecule has 0 bridgehead atoms. The van der Waals surface area contributed by atoms with Crippen molar-refractivity contribution in [2.75, 3.05) is 12.3 Å².